The van der Waals surface area contributed by atoms with Crippen LogP contribution >= 0.6 is 0 Å². The zero-order chi connectivity index (χ0) is 16.9. The van der Waals surface area contributed by atoms with E-state index in [2.05, 4.69) is 15.4 Å². The number of ether oxygens (including phenoxy) is 1. The Morgan fingerprint density at radius 3 is 1.82 bits per heavy atom. The molecule has 0 heterocycles. The minimum Gasteiger partial charge on any atom is -0.452 e. The number of alkyl halides is 3. The largest absolute Gasteiger partial charge is 0.452 e. The van der Waals surface area contributed by atoms with E-state index in [0.717, 1.165) is 12.1 Å². The SMILES string of the molecule is CC(=O)Nc1cc(NC(C)=O)cc(C(=O)OCC(F)(F)F)c1. The normalized spacial score (nSPS) is 10.8. The third kappa shape index (κ3) is 6.25. The number of benzene rings is 1. The molecule has 0 atom stereocenters. The summed E-state index contributed by atoms with van der Waals surface area (Å²) < 4.78 is 40.3. The smallest absolute Gasteiger partial charge is 0.422 e. The Kier molecular flexibility index (Phi) is 5.50. The Bertz CT molecular complexity index is 565. The zero-order valence-corrected chi connectivity index (χ0v) is 11.7. The second-order valence-corrected chi connectivity index (χ2v) is 4.35. The van der Waals surface area contributed by atoms with Crippen LogP contribution in [0.3, 0.4) is 0 Å². The van der Waals surface area contributed by atoms with Gasteiger partial charge in [-0.05, 0) is 18.2 Å². The van der Waals surface area contributed by atoms with Gasteiger partial charge in [-0.1, -0.05) is 0 Å². The maximum Gasteiger partial charge on any atom is 0.422 e. The molecule has 2 amide bonds. The summed E-state index contributed by atoms with van der Waals surface area (Å²) in [5.74, 6) is -2.12. The highest BCUT2D eigenvalue weighted by molar-refractivity contribution is 5.97. The van der Waals surface area contributed by atoms with Crippen LogP contribution in [-0.2, 0) is 14.3 Å². The van der Waals surface area contributed by atoms with Gasteiger partial charge in [0.2, 0.25) is 11.8 Å². The lowest BCUT2D eigenvalue weighted by atomic mass is 10.1. The molecule has 1 aromatic carbocycles. The van der Waals surface area contributed by atoms with E-state index >= 15 is 0 Å². The monoisotopic (exact) mass is 318 g/mol. The molecule has 0 spiro atoms. The van der Waals surface area contributed by atoms with Gasteiger partial charge in [0.15, 0.2) is 6.61 Å². The van der Waals surface area contributed by atoms with Crippen molar-refractivity contribution in [3.63, 3.8) is 0 Å². The van der Waals surface area contributed by atoms with Crippen molar-refractivity contribution in [2.75, 3.05) is 17.2 Å². The molecule has 0 aliphatic carbocycles. The highest BCUT2D eigenvalue weighted by Gasteiger charge is 2.30. The van der Waals surface area contributed by atoms with Gasteiger partial charge in [-0.25, -0.2) is 4.79 Å². The first-order valence-electron chi connectivity index (χ1n) is 6.01. The van der Waals surface area contributed by atoms with Crippen molar-refractivity contribution in [1.82, 2.24) is 0 Å². The van der Waals surface area contributed by atoms with Gasteiger partial charge in [0.25, 0.3) is 0 Å². The summed E-state index contributed by atoms with van der Waals surface area (Å²) >= 11 is 0. The first-order valence-corrected chi connectivity index (χ1v) is 6.01. The van der Waals surface area contributed by atoms with Crippen molar-refractivity contribution in [3.8, 4) is 0 Å². The molecule has 0 aromatic heterocycles. The van der Waals surface area contributed by atoms with Crippen molar-refractivity contribution in [2.45, 2.75) is 20.0 Å². The highest BCUT2D eigenvalue weighted by atomic mass is 19.4. The van der Waals surface area contributed by atoms with E-state index < -0.39 is 30.6 Å². The van der Waals surface area contributed by atoms with E-state index in [1.54, 1.807) is 0 Å². The first kappa shape index (κ1) is 17.5. The Labute approximate surface area is 123 Å². The maximum atomic E-state index is 12.0. The van der Waals surface area contributed by atoms with Crippen LogP contribution in [0.4, 0.5) is 24.5 Å². The summed E-state index contributed by atoms with van der Waals surface area (Å²) in [5, 5.41) is 4.73. The standard InChI is InChI=1S/C13H13F3N2O4/c1-7(19)17-10-3-9(4-11(5-10)18-8(2)20)12(21)22-6-13(14,15)16/h3-5H,6H2,1-2H3,(H,17,19)(H,18,20). The van der Waals surface area contributed by atoms with Gasteiger partial charge in [0.1, 0.15) is 0 Å². The molecule has 0 aliphatic heterocycles. The molecule has 9 heteroatoms. The lowest BCUT2D eigenvalue weighted by Crippen LogP contribution is -2.20. The summed E-state index contributed by atoms with van der Waals surface area (Å²) in [6.07, 6.45) is -4.65. The summed E-state index contributed by atoms with van der Waals surface area (Å²) in [5.41, 5.74) is 0.0367. The van der Waals surface area contributed by atoms with E-state index in [-0.39, 0.29) is 16.9 Å². The minimum absolute atomic E-state index is 0.137. The maximum absolute atomic E-state index is 12.0. The minimum atomic E-state index is -4.65. The number of amides is 2. The third-order valence-corrected chi connectivity index (χ3v) is 2.18. The number of carbonyl (C=O) groups excluding carboxylic acids is 3. The highest BCUT2D eigenvalue weighted by Crippen LogP contribution is 2.21. The first-order chi connectivity index (χ1) is 10.1. The van der Waals surface area contributed by atoms with Gasteiger partial charge in [-0.15, -0.1) is 0 Å². The molecule has 1 aromatic rings. The van der Waals surface area contributed by atoms with Gasteiger partial charge < -0.3 is 15.4 Å². The fraction of sp³-hybridized carbons (Fsp3) is 0.308. The van der Waals surface area contributed by atoms with E-state index in [4.69, 9.17) is 0 Å². The molecule has 0 aliphatic rings. The van der Waals surface area contributed by atoms with Crippen LogP contribution in [0.2, 0.25) is 0 Å². The Hall–Kier alpha value is -2.58. The number of hydrogen-bond acceptors (Lipinski definition) is 4. The van der Waals surface area contributed by atoms with Gasteiger partial charge in [0, 0.05) is 25.2 Å². The van der Waals surface area contributed by atoms with E-state index in [1.165, 1.54) is 19.9 Å². The average molecular weight is 318 g/mol. The van der Waals surface area contributed by atoms with E-state index in [9.17, 15) is 27.6 Å². The Balaban J connectivity index is 3.03. The van der Waals surface area contributed by atoms with Crippen molar-refractivity contribution in [3.05, 3.63) is 23.8 Å². The van der Waals surface area contributed by atoms with Crippen LogP contribution in [-0.4, -0.2) is 30.6 Å². The molecule has 0 fully saturated rings. The third-order valence-electron chi connectivity index (χ3n) is 2.18. The van der Waals surface area contributed by atoms with Crippen LogP contribution in [0.5, 0.6) is 0 Å². The molecule has 22 heavy (non-hydrogen) atoms. The summed E-state index contributed by atoms with van der Waals surface area (Å²) in [6.45, 7) is 0.700. The van der Waals surface area contributed by atoms with Crippen LogP contribution in [0.1, 0.15) is 24.2 Å². The molecule has 6 nitrogen and oxygen atoms in total. The summed E-state index contributed by atoms with van der Waals surface area (Å²) in [6, 6.07) is 3.64. The molecule has 120 valence electrons. The zero-order valence-electron chi connectivity index (χ0n) is 11.7. The predicted octanol–water partition coefficient (Wildman–Crippen LogP) is 2.32. The number of rotatable bonds is 4. The molecule has 0 radical (unpaired) electrons. The second-order valence-electron chi connectivity index (χ2n) is 4.35. The van der Waals surface area contributed by atoms with Crippen molar-refractivity contribution in [1.29, 1.82) is 0 Å². The number of halogens is 3. The number of hydrogen-bond donors (Lipinski definition) is 2. The molecule has 2 N–H and O–H groups in total. The Morgan fingerprint density at radius 1 is 1.00 bits per heavy atom. The predicted molar refractivity (Wildman–Crippen MR) is 71.4 cm³/mol. The van der Waals surface area contributed by atoms with Gasteiger partial charge in [-0.2, -0.15) is 13.2 Å². The van der Waals surface area contributed by atoms with Crippen LogP contribution in [0.25, 0.3) is 0 Å². The Morgan fingerprint density at radius 2 is 1.45 bits per heavy atom. The molecule has 0 saturated heterocycles. The van der Waals surface area contributed by atoms with Gasteiger partial charge in [0.05, 0.1) is 5.56 Å². The lowest BCUT2D eigenvalue weighted by molar-refractivity contribution is -0.161. The number of esters is 1. The van der Waals surface area contributed by atoms with Crippen molar-refractivity contribution in [2.24, 2.45) is 0 Å². The average Bonchev–Trinajstić information content (AvgIpc) is 2.32. The quantitative estimate of drug-likeness (QED) is 0.835. The lowest BCUT2D eigenvalue weighted by Gasteiger charge is -2.11. The fourth-order valence-electron chi connectivity index (χ4n) is 1.53. The molecule has 1 rings (SSSR count). The van der Waals surface area contributed by atoms with Crippen LogP contribution in [0.15, 0.2) is 18.2 Å². The fourth-order valence-corrected chi connectivity index (χ4v) is 1.53. The van der Waals surface area contributed by atoms with E-state index in [0.29, 0.717) is 0 Å². The summed E-state index contributed by atoms with van der Waals surface area (Å²) in [7, 11) is 0. The van der Waals surface area contributed by atoms with Crippen molar-refractivity contribution >= 4 is 29.2 Å². The van der Waals surface area contributed by atoms with Gasteiger partial charge in [-0.3, -0.25) is 9.59 Å². The van der Waals surface area contributed by atoms with E-state index in [1.807, 2.05) is 0 Å². The topological polar surface area (TPSA) is 84.5 Å². The van der Waals surface area contributed by atoms with Crippen LogP contribution in [0, 0.1) is 0 Å². The number of carbonyl (C=O) groups is 3. The molecule has 0 unspecified atom stereocenters. The molecule has 0 saturated carbocycles. The number of nitrogens with one attached hydrogen (secondary N) is 2. The summed E-state index contributed by atoms with van der Waals surface area (Å²) in [4.78, 5) is 33.7. The molecular weight excluding hydrogens is 305 g/mol. The van der Waals surface area contributed by atoms with Gasteiger partial charge >= 0.3 is 12.1 Å². The van der Waals surface area contributed by atoms with Crippen molar-refractivity contribution < 1.29 is 32.3 Å². The number of anilines is 2. The second kappa shape index (κ2) is 6.92. The molecule has 0 bridgehead atoms. The molecular formula is C13H13F3N2O4. The van der Waals surface area contributed by atoms with Crippen LogP contribution < -0.4 is 10.6 Å².